The van der Waals surface area contributed by atoms with E-state index in [2.05, 4.69) is 48.9 Å². The monoisotopic (exact) mass is 533 g/mol. The standard InChI is InChI=1S/C28H36FN9O/c1-17(2)24(19-9-21(30)10-19)37-13-28(14-37)7-8-36(12-28)26-27(35-33-15-31-26)39-23-6-5-20(29)11-22(23)38-25(18-3-4-18)32-16-34-38/h5-6,11,15-19,21,24H,3-4,7-10,12-14,30H2,1-2H3/t19?,21?,24-/m1/s1. The van der Waals surface area contributed by atoms with E-state index < -0.39 is 0 Å². The maximum absolute atomic E-state index is 14.3. The first-order valence-electron chi connectivity index (χ1n) is 14.2. The first-order valence-corrected chi connectivity index (χ1v) is 14.2. The second-order valence-electron chi connectivity index (χ2n) is 12.4. The van der Waals surface area contributed by atoms with Gasteiger partial charge in [-0.1, -0.05) is 13.8 Å². The van der Waals surface area contributed by atoms with E-state index in [1.165, 1.54) is 24.8 Å². The van der Waals surface area contributed by atoms with Crippen LogP contribution in [-0.2, 0) is 0 Å². The van der Waals surface area contributed by atoms with Gasteiger partial charge in [-0.05, 0) is 56.1 Å². The van der Waals surface area contributed by atoms with Crippen molar-refractivity contribution in [3.63, 3.8) is 0 Å². The molecule has 0 radical (unpaired) electrons. The van der Waals surface area contributed by atoms with Gasteiger partial charge in [0.25, 0.3) is 5.88 Å². The maximum Gasteiger partial charge on any atom is 0.282 e. The summed E-state index contributed by atoms with van der Waals surface area (Å²) < 4.78 is 22.3. The Kier molecular flexibility index (Phi) is 6.04. The molecule has 39 heavy (non-hydrogen) atoms. The number of nitrogens with two attached hydrogens (primary N) is 1. The van der Waals surface area contributed by atoms with Gasteiger partial charge in [-0.25, -0.2) is 19.0 Å². The number of halogens is 1. The highest BCUT2D eigenvalue weighted by Crippen LogP contribution is 2.47. The Hall–Kier alpha value is -3.18. The summed E-state index contributed by atoms with van der Waals surface area (Å²) in [5, 5.41) is 12.7. The summed E-state index contributed by atoms with van der Waals surface area (Å²) in [4.78, 5) is 13.9. The smallest absolute Gasteiger partial charge is 0.282 e. The lowest BCUT2D eigenvalue weighted by Gasteiger charge is -2.56. The van der Waals surface area contributed by atoms with Crippen molar-refractivity contribution in [1.82, 2.24) is 34.8 Å². The molecule has 2 saturated carbocycles. The van der Waals surface area contributed by atoms with Crippen LogP contribution < -0.4 is 15.4 Å². The second-order valence-corrected chi connectivity index (χ2v) is 12.4. The minimum atomic E-state index is -0.369. The molecule has 10 nitrogen and oxygen atoms in total. The minimum absolute atomic E-state index is 0.252. The van der Waals surface area contributed by atoms with Crippen molar-refractivity contribution in [3.05, 3.63) is 42.5 Å². The molecular weight excluding hydrogens is 497 g/mol. The third kappa shape index (κ3) is 4.55. The second kappa shape index (κ2) is 9.48. The highest BCUT2D eigenvalue weighted by molar-refractivity contribution is 5.54. The lowest BCUT2D eigenvalue weighted by Crippen LogP contribution is -2.65. The first kappa shape index (κ1) is 24.8. The Bertz CT molecular complexity index is 1350. The highest BCUT2D eigenvalue weighted by Gasteiger charge is 2.52. The van der Waals surface area contributed by atoms with Crippen LogP contribution in [0.4, 0.5) is 10.2 Å². The number of likely N-dealkylation sites (tertiary alicyclic amines) is 1. The fraction of sp³-hybridized carbons (Fsp3) is 0.607. The van der Waals surface area contributed by atoms with Crippen LogP contribution in [0.25, 0.3) is 5.69 Å². The van der Waals surface area contributed by atoms with E-state index in [9.17, 15) is 4.39 Å². The van der Waals surface area contributed by atoms with Crippen LogP contribution in [0.15, 0.2) is 30.9 Å². The molecule has 0 amide bonds. The lowest BCUT2D eigenvalue weighted by molar-refractivity contribution is -0.0667. The van der Waals surface area contributed by atoms with Gasteiger partial charge in [0.2, 0.25) is 0 Å². The van der Waals surface area contributed by atoms with Crippen molar-refractivity contribution in [2.45, 2.75) is 64.0 Å². The predicted octanol–water partition coefficient (Wildman–Crippen LogP) is 3.54. The third-order valence-corrected chi connectivity index (χ3v) is 9.06. The molecule has 0 bridgehead atoms. The highest BCUT2D eigenvalue weighted by atomic mass is 19.1. The van der Waals surface area contributed by atoms with Gasteiger partial charge in [0.1, 0.15) is 30.0 Å². The van der Waals surface area contributed by atoms with Crippen LogP contribution in [0.5, 0.6) is 11.6 Å². The SMILES string of the molecule is CC(C)[C@H](C1CC(N)C1)N1CC2(CCN(c3ncnnc3Oc3ccc(F)cc3-n3ncnc3C3CC3)C2)C1. The molecule has 2 N–H and O–H groups in total. The van der Waals surface area contributed by atoms with E-state index in [0.717, 1.165) is 70.0 Å². The normalized spacial score (nSPS) is 25.1. The van der Waals surface area contributed by atoms with Crippen molar-refractivity contribution in [1.29, 1.82) is 0 Å². The van der Waals surface area contributed by atoms with E-state index in [1.54, 1.807) is 10.7 Å². The molecule has 4 heterocycles. The maximum atomic E-state index is 14.3. The van der Waals surface area contributed by atoms with E-state index in [-0.39, 0.29) is 11.2 Å². The summed E-state index contributed by atoms with van der Waals surface area (Å²) in [5.74, 6) is 3.56. The van der Waals surface area contributed by atoms with Crippen LogP contribution in [0, 0.1) is 23.1 Å². The van der Waals surface area contributed by atoms with Gasteiger partial charge in [0.15, 0.2) is 11.6 Å². The molecule has 4 fully saturated rings. The topological polar surface area (TPSA) is 111 Å². The molecular formula is C28H36FN9O. The first-order chi connectivity index (χ1) is 18.9. The van der Waals surface area contributed by atoms with Crippen LogP contribution in [0.2, 0.25) is 0 Å². The Balaban J connectivity index is 1.09. The van der Waals surface area contributed by atoms with E-state index in [1.807, 2.05) is 0 Å². The molecule has 0 unspecified atom stereocenters. The molecule has 1 spiro atoms. The Labute approximate surface area is 227 Å². The van der Waals surface area contributed by atoms with Gasteiger partial charge < -0.3 is 15.4 Å². The van der Waals surface area contributed by atoms with Crippen LogP contribution >= 0.6 is 0 Å². The van der Waals surface area contributed by atoms with Gasteiger partial charge in [-0.15, -0.1) is 10.2 Å². The molecule has 2 saturated heterocycles. The number of hydrogen-bond acceptors (Lipinski definition) is 9. The predicted molar refractivity (Wildman–Crippen MR) is 143 cm³/mol. The molecule has 2 aliphatic carbocycles. The van der Waals surface area contributed by atoms with Gasteiger partial charge in [0.05, 0.1) is 0 Å². The van der Waals surface area contributed by atoms with E-state index >= 15 is 0 Å². The number of benzene rings is 1. The van der Waals surface area contributed by atoms with Crippen LogP contribution in [0.3, 0.4) is 0 Å². The van der Waals surface area contributed by atoms with Crippen molar-refractivity contribution in [3.8, 4) is 17.3 Å². The minimum Gasteiger partial charge on any atom is -0.433 e. The van der Waals surface area contributed by atoms with Crippen molar-refractivity contribution in [2.75, 3.05) is 31.1 Å². The number of anilines is 1. The number of hydrogen-bond donors (Lipinski definition) is 1. The number of ether oxygens (including phenoxy) is 1. The fourth-order valence-electron chi connectivity index (χ4n) is 7.10. The third-order valence-electron chi connectivity index (χ3n) is 9.06. The van der Waals surface area contributed by atoms with E-state index in [0.29, 0.717) is 47.1 Å². The van der Waals surface area contributed by atoms with Crippen molar-refractivity contribution in [2.24, 2.45) is 23.0 Å². The summed E-state index contributed by atoms with van der Waals surface area (Å²) in [6.07, 6.45) is 8.48. The summed E-state index contributed by atoms with van der Waals surface area (Å²) in [5.41, 5.74) is 6.87. The molecule has 4 aliphatic rings. The summed E-state index contributed by atoms with van der Waals surface area (Å²) in [7, 11) is 0. The Morgan fingerprint density at radius 3 is 2.67 bits per heavy atom. The largest absolute Gasteiger partial charge is 0.433 e. The van der Waals surface area contributed by atoms with Crippen molar-refractivity contribution >= 4 is 5.82 Å². The van der Waals surface area contributed by atoms with Gasteiger partial charge >= 0.3 is 0 Å². The molecule has 1 atom stereocenters. The van der Waals surface area contributed by atoms with Gasteiger partial charge in [-0.3, -0.25) is 4.90 Å². The van der Waals surface area contributed by atoms with Crippen molar-refractivity contribution < 1.29 is 9.13 Å². The zero-order chi connectivity index (χ0) is 26.7. The van der Waals surface area contributed by atoms with E-state index in [4.69, 9.17) is 10.5 Å². The van der Waals surface area contributed by atoms with Crippen LogP contribution in [0.1, 0.15) is 57.7 Å². The fourth-order valence-corrected chi connectivity index (χ4v) is 7.10. The quantitative estimate of drug-likeness (QED) is 0.465. The summed E-state index contributed by atoms with van der Waals surface area (Å²) in [6.45, 7) is 8.67. The van der Waals surface area contributed by atoms with Crippen LogP contribution in [-0.4, -0.2) is 73.1 Å². The molecule has 206 valence electrons. The number of aromatic nitrogens is 6. The Morgan fingerprint density at radius 2 is 1.92 bits per heavy atom. The van der Waals surface area contributed by atoms with Gasteiger partial charge in [0, 0.05) is 55.7 Å². The van der Waals surface area contributed by atoms with Gasteiger partial charge in [-0.2, -0.15) is 5.10 Å². The molecule has 7 rings (SSSR count). The lowest BCUT2D eigenvalue weighted by atomic mass is 9.68. The summed E-state index contributed by atoms with van der Waals surface area (Å²) in [6, 6.07) is 5.40. The average molecular weight is 534 g/mol. The Morgan fingerprint density at radius 1 is 1.10 bits per heavy atom. The summed E-state index contributed by atoms with van der Waals surface area (Å²) >= 11 is 0. The molecule has 3 aromatic rings. The average Bonchev–Trinajstić information content (AvgIpc) is 3.43. The molecule has 1 aromatic carbocycles. The number of nitrogens with zero attached hydrogens (tertiary/aromatic N) is 8. The zero-order valence-electron chi connectivity index (χ0n) is 22.6. The number of rotatable bonds is 8. The zero-order valence-corrected chi connectivity index (χ0v) is 22.6. The molecule has 2 aromatic heterocycles. The molecule has 11 heteroatoms. The molecule has 2 aliphatic heterocycles.